The maximum absolute atomic E-state index is 12.5. The van der Waals surface area contributed by atoms with Crippen LogP contribution in [0, 0.1) is 5.92 Å². The molecule has 1 N–H and O–H groups in total. The van der Waals surface area contributed by atoms with Crippen molar-refractivity contribution in [3.8, 4) is 11.5 Å². The standard InChI is InChI=1S/C18H28N2O3/c1-4-20(5-2)18(22)15-7-6-10-19(13-15)12-14-8-9-17(23-3)16(21)11-14/h8-9,11,15,21H,4-7,10,12-13H2,1-3H3. The molecule has 5 nitrogen and oxygen atoms in total. The number of carbonyl (C=O) groups is 1. The minimum absolute atomic E-state index is 0.0931. The number of methoxy groups -OCH3 is 1. The fraction of sp³-hybridized carbons (Fsp3) is 0.611. The van der Waals surface area contributed by atoms with Gasteiger partial charge in [0.25, 0.3) is 0 Å². The summed E-state index contributed by atoms with van der Waals surface area (Å²) in [6.07, 6.45) is 2.01. The molecule has 0 saturated carbocycles. The molecule has 128 valence electrons. The third kappa shape index (κ3) is 4.38. The summed E-state index contributed by atoms with van der Waals surface area (Å²) in [5, 5.41) is 9.89. The maximum atomic E-state index is 12.5. The van der Waals surface area contributed by atoms with Gasteiger partial charge in [0.15, 0.2) is 11.5 Å². The Morgan fingerprint density at radius 3 is 2.74 bits per heavy atom. The monoisotopic (exact) mass is 320 g/mol. The molecule has 0 bridgehead atoms. The van der Waals surface area contributed by atoms with E-state index >= 15 is 0 Å². The van der Waals surface area contributed by atoms with Crippen LogP contribution in [0.15, 0.2) is 18.2 Å². The first-order valence-electron chi connectivity index (χ1n) is 8.46. The number of hydrogen-bond donors (Lipinski definition) is 1. The molecular weight excluding hydrogens is 292 g/mol. The molecule has 0 spiro atoms. The normalized spacial score (nSPS) is 18.7. The van der Waals surface area contributed by atoms with Crippen LogP contribution in [0.25, 0.3) is 0 Å². The van der Waals surface area contributed by atoms with Gasteiger partial charge in [-0.05, 0) is 50.9 Å². The van der Waals surface area contributed by atoms with Gasteiger partial charge in [0.05, 0.1) is 13.0 Å². The molecule has 1 aromatic carbocycles. The van der Waals surface area contributed by atoms with Crippen molar-refractivity contribution in [2.45, 2.75) is 33.2 Å². The van der Waals surface area contributed by atoms with E-state index in [2.05, 4.69) is 4.90 Å². The third-order valence-electron chi connectivity index (χ3n) is 4.58. The summed E-state index contributed by atoms with van der Waals surface area (Å²) >= 11 is 0. The molecule has 1 unspecified atom stereocenters. The molecule has 1 aromatic rings. The second kappa shape index (κ2) is 8.20. The maximum Gasteiger partial charge on any atom is 0.226 e. The summed E-state index contributed by atoms with van der Waals surface area (Å²) in [4.78, 5) is 16.8. The summed E-state index contributed by atoms with van der Waals surface area (Å²) in [7, 11) is 1.54. The molecular formula is C18H28N2O3. The molecule has 1 amide bonds. The summed E-state index contributed by atoms with van der Waals surface area (Å²) in [5.74, 6) is 1.02. The first kappa shape index (κ1) is 17.6. The lowest BCUT2D eigenvalue weighted by Crippen LogP contribution is -2.44. The van der Waals surface area contributed by atoms with E-state index in [1.165, 1.54) is 0 Å². The molecule has 2 rings (SSSR count). The molecule has 1 heterocycles. The topological polar surface area (TPSA) is 53.0 Å². The van der Waals surface area contributed by atoms with E-state index in [1.807, 2.05) is 24.8 Å². The second-order valence-corrected chi connectivity index (χ2v) is 6.09. The zero-order chi connectivity index (χ0) is 16.8. The van der Waals surface area contributed by atoms with Crippen LogP contribution in [-0.2, 0) is 11.3 Å². The highest BCUT2D eigenvalue weighted by molar-refractivity contribution is 5.79. The van der Waals surface area contributed by atoms with E-state index in [9.17, 15) is 9.90 Å². The van der Waals surface area contributed by atoms with Gasteiger partial charge in [0.1, 0.15) is 0 Å². The second-order valence-electron chi connectivity index (χ2n) is 6.09. The molecule has 1 fully saturated rings. The van der Waals surface area contributed by atoms with Crippen molar-refractivity contribution in [1.29, 1.82) is 0 Å². The summed E-state index contributed by atoms with van der Waals surface area (Å²) in [6, 6.07) is 5.50. The van der Waals surface area contributed by atoms with Crippen LogP contribution in [0.5, 0.6) is 11.5 Å². The molecule has 23 heavy (non-hydrogen) atoms. The van der Waals surface area contributed by atoms with E-state index in [0.717, 1.165) is 51.1 Å². The zero-order valence-electron chi connectivity index (χ0n) is 14.4. The summed E-state index contributed by atoms with van der Waals surface area (Å²) in [5.41, 5.74) is 1.04. The SMILES string of the molecule is CCN(CC)C(=O)C1CCCN(Cc2ccc(OC)c(O)c2)C1. The van der Waals surface area contributed by atoms with E-state index in [0.29, 0.717) is 5.75 Å². The summed E-state index contributed by atoms with van der Waals surface area (Å²) in [6.45, 7) is 8.15. The van der Waals surface area contributed by atoms with Gasteiger partial charge < -0.3 is 14.7 Å². The average molecular weight is 320 g/mol. The number of phenolic OH excluding ortho intramolecular Hbond substituents is 1. The largest absolute Gasteiger partial charge is 0.504 e. The van der Waals surface area contributed by atoms with Crippen LogP contribution < -0.4 is 4.74 Å². The number of likely N-dealkylation sites (tertiary alicyclic amines) is 1. The predicted molar refractivity (Wildman–Crippen MR) is 90.6 cm³/mol. The number of nitrogens with zero attached hydrogens (tertiary/aromatic N) is 2. The van der Waals surface area contributed by atoms with Crippen molar-refractivity contribution < 1.29 is 14.6 Å². The van der Waals surface area contributed by atoms with Crippen molar-refractivity contribution in [1.82, 2.24) is 9.80 Å². The fourth-order valence-corrected chi connectivity index (χ4v) is 3.29. The Labute approximate surface area is 138 Å². The van der Waals surface area contributed by atoms with Gasteiger partial charge in [0.2, 0.25) is 5.91 Å². The minimum atomic E-state index is 0.0931. The van der Waals surface area contributed by atoms with E-state index in [1.54, 1.807) is 19.2 Å². The lowest BCUT2D eigenvalue weighted by molar-refractivity contribution is -0.137. The lowest BCUT2D eigenvalue weighted by atomic mass is 9.96. The minimum Gasteiger partial charge on any atom is -0.504 e. The Morgan fingerprint density at radius 2 is 2.13 bits per heavy atom. The number of aromatic hydroxyl groups is 1. The van der Waals surface area contributed by atoms with Crippen molar-refractivity contribution >= 4 is 5.91 Å². The van der Waals surface area contributed by atoms with Crippen molar-refractivity contribution in [2.24, 2.45) is 5.92 Å². The molecule has 0 aliphatic carbocycles. The van der Waals surface area contributed by atoms with Gasteiger partial charge in [-0.2, -0.15) is 0 Å². The fourth-order valence-electron chi connectivity index (χ4n) is 3.29. The Bertz CT molecular complexity index is 529. The predicted octanol–water partition coefficient (Wildman–Crippen LogP) is 2.48. The van der Waals surface area contributed by atoms with Crippen LogP contribution in [0.4, 0.5) is 0 Å². The lowest BCUT2D eigenvalue weighted by Gasteiger charge is -2.34. The van der Waals surface area contributed by atoms with Crippen molar-refractivity contribution in [3.63, 3.8) is 0 Å². The van der Waals surface area contributed by atoms with Crippen molar-refractivity contribution in [3.05, 3.63) is 23.8 Å². The Balaban J connectivity index is 1.98. The van der Waals surface area contributed by atoms with Gasteiger partial charge in [-0.25, -0.2) is 0 Å². The first-order valence-corrected chi connectivity index (χ1v) is 8.46. The van der Waals surface area contributed by atoms with E-state index < -0.39 is 0 Å². The average Bonchev–Trinajstić information content (AvgIpc) is 2.56. The molecule has 5 heteroatoms. The van der Waals surface area contributed by atoms with Crippen molar-refractivity contribution in [2.75, 3.05) is 33.3 Å². The van der Waals surface area contributed by atoms with Gasteiger partial charge in [-0.15, -0.1) is 0 Å². The number of benzene rings is 1. The number of amides is 1. The van der Waals surface area contributed by atoms with Crippen LogP contribution in [0.2, 0.25) is 0 Å². The zero-order valence-corrected chi connectivity index (χ0v) is 14.4. The highest BCUT2D eigenvalue weighted by Crippen LogP contribution is 2.28. The molecule has 1 atom stereocenters. The van der Waals surface area contributed by atoms with Crippen LogP contribution in [0.3, 0.4) is 0 Å². The highest BCUT2D eigenvalue weighted by atomic mass is 16.5. The van der Waals surface area contributed by atoms with E-state index in [4.69, 9.17) is 4.74 Å². The molecule has 0 radical (unpaired) electrons. The van der Waals surface area contributed by atoms with Gasteiger partial charge >= 0.3 is 0 Å². The number of piperidine rings is 1. The summed E-state index contributed by atoms with van der Waals surface area (Å²) < 4.78 is 5.08. The molecule has 1 saturated heterocycles. The number of carbonyl (C=O) groups excluding carboxylic acids is 1. The smallest absolute Gasteiger partial charge is 0.226 e. The Hall–Kier alpha value is -1.75. The van der Waals surface area contributed by atoms with Gasteiger partial charge in [0, 0.05) is 26.2 Å². The Morgan fingerprint density at radius 1 is 1.39 bits per heavy atom. The quantitative estimate of drug-likeness (QED) is 0.875. The molecule has 1 aliphatic heterocycles. The van der Waals surface area contributed by atoms with Gasteiger partial charge in [-0.1, -0.05) is 6.07 Å². The Kier molecular flexibility index (Phi) is 6.28. The first-order chi connectivity index (χ1) is 11.1. The van der Waals surface area contributed by atoms with Crippen LogP contribution in [-0.4, -0.2) is 54.1 Å². The molecule has 0 aromatic heterocycles. The molecule has 1 aliphatic rings. The van der Waals surface area contributed by atoms with Crippen LogP contribution >= 0.6 is 0 Å². The van der Waals surface area contributed by atoms with Crippen LogP contribution in [0.1, 0.15) is 32.3 Å². The number of hydrogen-bond acceptors (Lipinski definition) is 4. The number of phenols is 1. The number of ether oxygens (including phenoxy) is 1. The number of rotatable bonds is 6. The highest BCUT2D eigenvalue weighted by Gasteiger charge is 2.28. The van der Waals surface area contributed by atoms with Gasteiger partial charge in [-0.3, -0.25) is 9.69 Å². The van der Waals surface area contributed by atoms with E-state index in [-0.39, 0.29) is 17.6 Å². The third-order valence-corrected chi connectivity index (χ3v) is 4.58.